The van der Waals surface area contributed by atoms with Crippen molar-refractivity contribution in [1.29, 1.82) is 0 Å². The van der Waals surface area contributed by atoms with E-state index < -0.39 is 27.5 Å². The normalized spacial score (nSPS) is 22.0. The molecular weight excluding hydrogens is 358 g/mol. The highest BCUT2D eigenvalue weighted by Gasteiger charge is 2.43. The summed E-state index contributed by atoms with van der Waals surface area (Å²) in [5.41, 5.74) is -0.484. The summed E-state index contributed by atoms with van der Waals surface area (Å²) in [6.45, 7) is 2.18. The third kappa shape index (κ3) is 2.53. The molecule has 26 heavy (non-hydrogen) atoms. The van der Waals surface area contributed by atoms with E-state index in [9.17, 15) is 18.0 Å². The van der Waals surface area contributed by atoms with Crippen LogP contribution in [-0.4, -0.2) is 29.9 Å². The molecule has 0 unspecified atom stereocenters. The number of hydrogen-bond donors (Lipinski definition) is 3. The van der Waals surface area contributed by atoms with Crippen LogP contribution in [0.2, 0.25) is 0 Å². The molecule has 2 aliphatic rings. The Morgan fingerprint density at radius 1 is 1.31 bits per heavy atom. The summed E-state index contributed by atoms with van der Waals surface area (Å²) in [5.74, 6) is 0.271. The number of carbonyl (C=O) groups is 2. The molecule has 0 radical (unpaired) electrons. The van der Waals surface area contributed by atoms with Gasteiger partial charge in [0.25, 0.3) is 15.9 Å². The number of hydrogen-bond acceptors (Lipinski definition) is 5. The van der Waals surface area contributed by atoms with Gasteiger partial charge in [-0.25, -0.2) is 9.78 Å². The fourth-order valence-corrected chi connectivity index (χ4v) is 4.51. The second kappa shape index (κ2) is 5.56. The van der Waals surface area contributed by atoms with Gasteiger partial charge in [0.1, 0.15) is 11.4 Å². The van der Waals surface area contributed by atoms with Crippen LogP contribution < -0.4 is 15.4 Å². The third-order valence-electron chi connectivity index (χ3n) is 4.70. The van der Waals surface area contributed by atoms with Gasteiger partial charge in [-0.05, 0) is 31.0 Å². The molecule has 0 bridgehead atoms. The Hall–Kier alpha value is -2.88. The standard InChI is InChI=1S/C16H17N5O4S/c1-16(14(22)18-15(23)19-16)10-4-2-5-11(8-10)20-26(24,25)13-9-17-12-6-3-7-21(12)13/h2,4-5,8-9,20H,3,6-7H2,1H3,(H2,18,19,22,23)/t16-/m1/s1. The van der Waals surface area contributed by atoms with E-state index in [4.69, 9.17) is 0 Å². The summed E-state index contributed by atoms with van der Waals surface area (Å²) in [6, 6.07) is 5.80. The first-order valence-corrected chi connectivity index (χ1v) is 9.59. The molecule has 136 valence electrons. The lowest BCUT2D eigenvalue weighted by Gasteiger charge is -2.21. The minimum atomic E-state index is -3.82. The van der Waals surface area contributed by atoms with Gasteiger partial charge < -0.3 is 9.88 Å². The Bertz CT molecular complexity index is 1030. The summed E-state index contributed by atoms with van der Waals surface area (Å²) >= 11 is 0. The molecule has 10 heteroatoms. The van der Waals surface area contributed by atoms with Crippen molar-refractivity contribution in [2.45, 2.75) is 36.9 Å². The van der Waals surface area contributed by atoms with Crippen LogP contribution in [0.15, 0.2) is 35.5 Å². The molecule has 1 aromatic carbocycles. The second-order valence-corrected chi connectivity index (χ2v) is 8.12. The quantitative estimate of drug-likeness (QED) is 0.679. The number of nitrogens with zero attached hydrogens (tertiary/aromatic N) is 2. The van der Waals surface area contributed by atoms with Crippen molar-refractivity contribution in [3.63, 3.8) is 0 Å². The van der Waals surface area contributed by atoms with E-state index in [0.717, 1.165) is 18.7 Å². The Balaban J connectivity index is 1.65. The summed E-state index contributed by atoms with van der Waals surface area (Å²) in [4.78, 5) is 27.7. The van der Waals surface area contributed by atoms with Gasteiger partial charge in [-0.15, -0.1) is 0 Å². The van der Waals surface area contributed by atoms with Crippen molar-refractivity contribution >= 4 is 27.6 Å². The molecule has 1 fully saturated rings. The van der Waals surface area contributed by atoms with Crippen LogP contribution >= 0.6 is 0 Å². The third-order valence-corrected chi connectivity index (χ3v) is 6.08. The van der Waals surface area contributed by atoms with E-state index in [2.05, 4.69) is 20.3 Å². The average Bonchev–Trinajstić information content (AvgIpc) is 3.22. The molecule has 9 nitrogen and oxygen atoms in total. The van der Waals surface area contributed by atoms with Gasteiger partial charge in [-0.2, -0.15) is 8.42 Å². The highest BCUT2D eigenvalue weighted by molar-refractivity contribution is 7.92. The molecule has 1 saturated heterocycles. The first-order valence-electron chi connectivity index (χ1n) is 8.11. The van der Waals surface area contributed by atoms with Crippen molar-refractivity contribution in [3.8, 4) is 0 Å². The molecule has 2 aliphatic heterocycles. The minimum absolute atomic E-state index is 0.119. The number of nitrogens with one attached hydrogen (secondary N) is 3. The number of imidazole rings is 1. The molecule has 3 N–H and O–H groups in total. The van der Waals surface area contributed by atoms with Crippen LogP contribution in [0, 0.1) is 0 Å². The first-order chi connectivity index (χ1) is 12.3. The average molecular weight is 375 g/mol. The SMILES string of the molecule is C[C@]1(c2cccc(NS(=O)(=O)c3cnc4n3CCC4)c2)NC(=O)NC1=O. The first kappa shape index (κ1) is 16.6. The number of aryl methyl sites for hydroxylation is 1. The van der Waals surface area contributed by atoms with Crippen molar-refractivity contribution in [2.24, 2.45) is 0 Å². The van der Waals surface area contributed by atoms with Gasteiger partial charge >= 0.3 is 6.03 Å². The second-order valence-electron chi connectivity index (χ2n) is 6.49. The van der Waals surface area contributed by atoms with Crippen molar-refractivity contribution < 1.29 is 18.0 Å². The van der Waals surface area contributed by atoms with E-state index in [1.807, 2.05) is 0 Å². The van der Waals surface area contributed by atoms with E-state index in [0.29, 0.717) is 17.8 Å². The lowest BCUT2D eigenvalue weighted by molar-refractivity contribution is -0.123. The van der Waals surface area contributed by atoms with E-state index in [-0.39, 0.29) is 5.03 Å². The smallest absolute Gasteiger partial charge is 0.320 e. The maximum Gasteiger partial charge on any atom is 0.322 e. The Labute approximate surface area is 149 Å². The van der Waals surface area contributed by atoms with Gasteiger partial charge in [0.15, 0.2) is 5.03 Å². The topological polar surface area (TPSA) is 122 Å². The molecule has 1 aromatic heterocycles. The van der Waals surface area contributed by atoms with Crippen LogP contribution in [0.25, 0.3) is 0 Å². The molecule has 0 aliphatic carbocycles. The van der Waals surface area contributed by atoms with Gasteiger partial charge in [-0.3, -0.25) is 14.8 Å². The predicted octanol–water partition coefficient (Wildman–Crippen LogP) is 0.685. The Morgan fingerprint density at radius 2 is 2.12 bits per heavy atom. The van der Waals surface area contributed by atoms with Crippen molar-refractivity contribution in [1.82, 2.24) is 20.2 Å². The van der Waals surface area contributed by atoms with Crippen LogP contribution in [0.1, 0.15) is 24.7 Å². The minimum Gasteiger partial charge on any atom is -0.320 e. The zero-order chi connectivity index (χ0) is 18.5. The number of aromatic nitrogens is 2. The van der Waals surface area contributed by atoms with Gasteiger partial charge in [-0.1, -0.05) is 12.1 Å². The molecule has 2 aromatic rings. The maximum atomic E-state index is 12.7. The molecule has 3 amide bonds. The summed E-state index contributed by atoms with van der Waals surface area (Å²) in [6.07, 6.45) is 2.99. The number of rotatable bonds is 4. The number of amides is 3. The van der Waals surface area contributed by atoms with E-state index in [1.54, 1.807) is 29.7 Å². The fraction of sp³-hybridized carbons (Fsp3) is 0.312. The van der Waals surface area contributed by atoms with Gasteiger partial charge in [0.2, 0.25) is 0 Å². The fourth-order valence-electron chi connectivity index (χ4n) is 3.29. The maximum absolute atomic E-state index is 12.7. The summed E-state index contributed by atoms with van der Waals surface area (Å²) in [7, 11) is -3.82. The number of fused-ring (bicyclic) bond motifs is 1. The molecule has 0 spiro atoms. The Morgan fingerprint density at radius 3 is 2.85 bits per heavy atom. The highest BCUT2D eigenvalue weighted by Crippen LogP contribution is 2.28. The predicted molar refractivity (Wildman–Crippen MR) is 91.8 cm³/mol. The van der Waals surface area contributed by atoms with Crippen LogP contribution in [-0.2, 0) is 33.3 Å². The van der Waals surface area contributed by atoms with Gasteiger partial charge in [0, 0.05) is 18.7 Å². The number of anilines is 1. The summed E-state index contributed by atoms with van der Waals surface area (Å²) < 4.78 is 29.7. The molecule has 0 saturated carbocycles. The number of carbonyl (C=O) groups excluding carboxylic acids is 2. The largest absolute Gasteiger partial charge is 0.322 e. The highest BCUT2D eigenvalue weighted by atomic mass is 32.2. The zero-order valence-corrected chi connectivity index (χ0v) is 14.8. The van der Waals surface area contributed by atoms with Crippen molar-refractivity contribution in [3.05, 3.63) is 41.9 Å². The van der Waals surface area contributed by atoms with Crippen LogP contribution in [0.4, 0.5) is 10.5 Å². The van der Waals surface area contributed by atoms with Crippen molar-refractivity contribution in [2.75, 3.05) is 4.72 Å². The lowest BCUT2D eigenvalue weighted by Crippen LogP contribution is -2.40. The number of imide groups is 1. The number of urea groups is 1. The Kier molecular flexibility index (Phi) is 3.55. The van der Waals surface area contributed by atoms with Crippen LogP contribution in [0.5, 0.6) is 0 Å². The van der Waals surface area contributed by atoms with E-state index in [1.165, 1.54) is 12.3 Å². The summed E-state index contributed by atoms with van der Waals surface area (Å²) in [5, 5.41) is 4.86. The molecule has 1 atom stereocenters. The number of benzene rings is 1. The van der Waals surface area contributed by atoms with Crippen LogP contribution in [0.3, 0.4) is 0 Å². The monoisotopic (exact) mass is 375 g/mol. The number of sulfonamides is 1. The molecule has 3 heterocycles. The molecule has 4 rings (SSSR count). The lowest BCUT2D eigenvalue weighted by atomic mass is 9.92. The van der Waals surface area contributed by atoms with E-state index >= 15 is 0 Å². The van der Waals surface area contributed by atoms with Gasteiger partial charge in [0.05, 0.1) is 6.20 Å². The zero-order valence-electron chi connectivity index (χ0n) is 13.9. The molecular formula is C16H17N5O4S.